The Morgan fingerprint density at radius 1 is 1.05 bits per heavy atom. The van der Waals surface area contributed by atoms with E-state index in [0.29, 0.717) is 23.5 Å². The number of β-lactam (4-membered cyclic amide) rings is 1. The fourth-order valence-electron chi connectivity index (χ4n) is 5.81. The molecule has 13 nitrogen and oxygen atoms in total. The van der Waals surface area contributed by atoms with E-state index in [1.54, 1.807) is 15.5 Å². The van der Waals surface area contributed by atoms with Crippen molar-refractivity contribution in [3.63, 3.8) is 0 Å². The standard InChI is InChI=1S/C27H28FN5O8S/c28-17-9-15-18(32(13-1-2-13)12-16(22(15)35)25(37)38)10-19(17)30-4-6-31(7-5-30)27(41)29-11-20-21(26(39)40)33-23(36)14(3-8-34)24(33)42-20/h9-10,12-14,24,34H,1-8,11H2,(H,29,41)(H,37,38)(H,39,40)/t14-,24+/m0/s1. The van der Waals surface area contributed by atoms with Crippen molar-refractivity contribution in [3.05, 3.63) is 50.5 Å². The average Bonchev–Trinajstić information content (AvgIpc) is 3.75. The number of piperazine rings is 1. The van der Waals surface area contributed by atoms with Gasteiger partial charge in [0.15, 0.2) is 0 Å². The number of fused-ring (bicyclic) bond motifs is 2. The lowest BCUT2D eigenvalue weighted by Gasteiger charge is -2.42. The number of amides is 3. The smallest absolute Gasteiger partial charge is 0.353 e. The number of halogens is 1. The van der Waals surface area contributed by atoms with Crippen molar-refractivity contribution < 1.29 is 38.9 Å². The molecule has 4 heterocycles. The number of hydrogen-bond acceptors (Lipinski definition) is 8. The van der Waals surface area contributed by atoms with E-state index in [9.17, 15) is 39.3 Å². The van der Waals surface area contributed by atoms with Crippen LogP contribution >= 0.6 is 11.8 Å². The Morgan fingerprint density at radius 2 is 1.76 bits per heavy atom. The summed E-state index contributed by atoms with van der Waals surface area (Å²) in [6, 6.07) is 2.27. The highest BCUT2D eigenvalue weighted by molar-refractivity contribution is 8.04. The van der Waals surface area contributed by atoms with E-state index in [2.05, 4.69) is 5.32 Å². The van der Waals surface area contributed by atoms with Crippen molar-refractivity contribution in [1.29, 1.82) is 0 Å². The van der Waals surface area contributed by atoms with Crippen molar-refractivity contribution in [1.82, 2.24) is 19.7 Å². The monoisotopic (exact) mass is 601 g/mol. The number of hydrogen-bond donors (Lipinski definition) is 4. The zero-order valence-corrected chi connectivity index (χ0v) is 23.1. The van der Waals surface area contributed by atoms with E-state index in [4.69, 9.17) is 0 Å². The minimum atomic E-state index is -1.36. The number of anilines is 1. The van der Waals surface area contributed by atoms with Crippen molar-refractivity contribution in [3.8, 4) is 0 Å². The number of urea groups is 1. The van der Waals surface area contributed by atoms with Gasteiger partial charge in [0, 0.05) is 55.3 Å². The Kier molecular flexibility index (Phi) is 7.09. The van der Waals surface area contributed by atoms with Gasteiger partial charge in [-0.05, 0) is 31.4 Å². The third-order valence-corrected chi connectivity index (χ3v) is 9.55. The van der Waals surface area contributed by atoms with Gasteiger partial charge in [0.25, 0.3) is 0 Å². The lowest BCUT2D eigenvalue weighted by molar-refractivity contribution is -0.152. The number of carboxylic acid groups (broad SMARTS) is 2. The third kappa shape index (κ3) is 4.65. The van der Waals surface area contributed by atoms with Crippen LogP contribution in [0.4, 0.5) is 14.9 Å². The number of aromatic nitrogens is 1. The summed E-state index contributed by atoms with van der Waals surface area (Å²) in [6.07, 6.45) is 3.23. The molecule has 1 aromatic carbocycles. The van der Waals surface area contributed by atoms with Gasteiger partial charge < -0.3 is 35.0 Å². The molecule has 4 aliphatic rings. The summed E-state index contributed by atoms with van der Waals surface area (Å²) in [4.78, 5) is 66.3. The fraction of sp³-hybridized carbons (Fsp3) is 0.444. The van der Waals surface area contributed by atoms with Crippen LogP contribution < -0.4 is 15.6 Å². The lowest BCUT2D eigenvalue weighted by Crippen LogP contribution is -2.57. The Balaban J connectivity index is 1.13. The number of aromatic carboxylic acids is 1. The number of carbonyl (C=O) groups is 4. The van der Waals surface area contributed by atoms with Crippen LogP contribution in [0, 0.1) is 11.7 Å². The number of aliphatic hydroxyl groups excluding tert-OH is 1. The maximum absolute atomic E-state index is 15.3. The SMILES string of the molecule is O=C(O)C1=C(CNC(=O)N2CCN(c3cc4c(cc3F)c(=O)c(C(=O)O)cn4C3CC3)CC2)S[C@@H]2[C@@H](CCO)C(=O)N12. The highest BCUT2D eigenvalue weighted by Crippen LogP contribution is 2.50. The Labute approximate surface area is 242 Å². The first kappa shape index (κ1) is 28.0. The summed E-state index contributed by atoms with van der Waals surface area (Å²) in [5.74, 6) is -4.10. The van der Waals surface area contributed by atoms with Crippen molar-refractivity contribution in [2.24, 2.45) is 5.92 Å². The van der Waals surface area contributed by atoms with Gasteiger partial charge in [-0.1, -0.05) is 11.8 Å². The van der Waals surface area contributed by atoms with Crippen LogP contribution in [-0.2, 0) is 9.59 Å². The van der Waals surface area contributed by atoms with Crippen LogP contribution in [0.1, 0.15) is 35.7 Å². The summed E-state index contributed by atoms with van der Waals surface area (Å²) in [6.45, 7) is 0.828. The second kappa shape index (κ2) is 10.6. The first-order chi connectivity index (χ1) is 20.1. The van der Waals surface area contributed by atoms with Gasteiger partial charge in [0.05, 0.1) is 29.0 Å². The number of pyridine rings is 1. The zero-order chi connectivity index (χ0) is 29.9. The first-order valence-electron chi connectivity index (χ1n) is 13.6. The van der Waals surface area contributed by atoms with Crippen LogP contribution in [0.2, 0.25) is 0 Å². The van der Waals surface area contributed by atoms with Gasteiger partial charge in [-0.3, -0.25) is 14.5 Å². The minimum absolute atomic E-state index is 0.00928. The van der Waals surface area contributed by atoms with Gasteiger partial charge >= 0.3 is 18.0 Å². The van der Waals surface area contributed by atoms with Crippen LogP contribution in [0.5, 0.6) is 0 Å². The maximum Gasteiger partial charge on any atom is 0.353 e. The quantitative estimate of drug-likeness (QED) is 0.322. The van der Waals surface area contributed by atoms with Crippen molar-refractivity contribution in [2.45, 2.75) is 30.7 Å². The molecule has 0 radical (unpaired) electrons. The van der Waals surface area contributed by atoms with Crippen LogP contribution in [0.25, 0.3) is 10.9 Å². The summed E-state index contributed by atoms with van der Waals surface area (Å²) < 4.78 is 17.0. The molecule has 3 aliphatic heterocycles. The van der Waals surface area contributed by atoms with Crippen LogP contribution in [0.15, 0.2) is 33.7 Å². The molecule has 6 rings (SSSR count). The summed E-state index contributed by atoms with van der Waals surface area (Å²) in [7, 11) is 0. The fourth-order valence-corrected chi connectivity index (χ4v) is 7.29. The molecule has 1 aliphatic carbocycles. The Hall–Kier alpha value is -4.11. The second-order valence-corrected chi connectivity index (χ2v) is 11.9. The molecule has 2 saturated heterocycles. The third-order valence-electron chi connectivity index (χ3n) is 8.14. The molecule has 222 valence electrons. The number of thioether (sulfide) groups is 1. The second-order valence-electron chi connectivity index (χ2n) is 10.7. The van der Waals surface area contributed by atoms with Crippen LogP contribution in [-0.4, -0.2) is 98.3 Å². The first-order valence-corrected chi connectivity index (χ1v) is 14.4. The number of carbonyl (C=O) groups excluding carboxylic acids is 2. The van der Waals surface area contributed by atoms with Crippen molar-refractivity contribution >= 4 is 52.2 Å². The van der Waals surface area contributed by atoms with E-state index in [1.165, 1.54) is 27.8 Å². The summed E-state index contributed by atoms with van der Waals surface area (Å²) >= 11 is 1.20. The molecule has 2 atom stereocenters. The molecule has 0 bridgehead atoms. The molecule has 3 amide bonds. The average molecular weight is 602 g/mol. The largest absolute Gasteiger partial charge is 0.477 e. The minimum Gasteiger partial charge on any atom is -0.477 e. The van der Waals surface area contributed by atoms with E-state index in [-0.39, 0.29) is 61.4 Å². The predicted octanol–water partition coefficient (Wildman–Crippen LogP) is 1.22. The Bertz CT molecular complexity index is 1610. The number of nitrogens with one attached hydrogen (secondary N) is 1. The number of nitrogens with zero attached hydrogens (tertiary/aromatic N) is 4. The van der Waals surface area contributed by atoms with E-state index in [1.807, 2.05) is 0 Å². The van der Waals surface area contributed by atoms with Gasteiger partial charge in [-0.2, -0.15) is 0 Å². The van der Waals surface area contributed by atoms with E-state index in [0.717, 1.165) is 18.9 Å². The molecule has 1 aromatic heterocycles. The van der Waals surface area contributed by atoms with E-state index >= 15 is 4.39 Å². The van der Waals surface area contributed by atoms with Gasteiger partial charge in [0.2, 0.25) is 11.3 Å². The number of aliphatic hydroxyl groups is 1. The van der Waals surface area contributed by atoms with Gasteiger partial charge in [-0.25, -0.2) is 18.8 Å². The Morgan fingerprint density at radius 3 is 2.38 bits per heavy atom. The number of benzene rings is 1. The molecule has 15 heteroatoms. The molecular formula is C27H28FN5O8S. The molecule has 42 heavy (non-hydrogen) atoms. The number of carboxylic acids is 2. The normalized spacial score (nSPS) is 22.0. The molecule has 1 saturated carbocycles. The van der Waals surface area contributed by atoms with Crippen LogP contribution in [0.3, 0.4) is 0 Å². The highest BCUT2D eigenvalue weighted by atomic mass is 32.2. The maximum atomic E-state index is 15.3. The van der Waals surface area contributed by atoms with Crippen molar-refractivity contribution in [2.75, 3.05) is 44.2 Å². The summed E-state index contributed by atoms with van der Waals surface area (Å²) in [5.41, 5.74) is -0.568. The van der Waals surface area contributed by atoms with E-state index < -0.39 is 46.1 Å². The molecule has 3 fully saturated rings. The molecule has 2 aromatic rings. The topological polar surface area (TPSA) is 173 Å². The van der Waals surface area contributed by atoms with Gasteiger partial charge in [0.1, 0.15) is 17.1 Å². The predicted molar refractivity (Wildman–Crippen MR) is 149 cm³/mol. The summed E-state index contributed by atoms with van der Waals surface area (Å²) in [5, 5.41) is 30.6. The molecule has 4 N–H and O–H groups in total. The van der Waals surface area contributed by atoms with Gasteiger partial charge in [-0.15, -0.1) is 0 Å². The highest BCUT2D eigenvalue weighted by Gasteiger charge is 2.55. The molecule has 0 spiro atoms. The number of aliphatic carboxylic acids is 1. The zero-order valence-electron chi connectivity index (χ0n) is 22.3. The molecule has 0 unspecified atom stereocenters. The molecular weight excluding hydrogens is 573 g/mol. The lowest BCUT2D eigenvalue weighted by atomic mass is 9.94. The number of rotatable bonds is 8.